The molecule has 2 rings (SSSR count). The molecule has 0 aliphatic rings. The lowest BCUT2D eigenvalue weighted by Crippen LogP contribution is -2.16. The molecule has 0 aliphatic heterocycles. The molecule has 0 radical (unpaired) electrons. The molecule has 2 aromatic rings. The minimum absolute atomic E-state index is 0.676. The molecule has 0 spiro atoms. The smallest absolute Gasteiger partial charge is 0.0573 e. The number of pyridine rings is 2. The molecule has 0 bridgehead atoms. The Morgan fingerprint density at radius 1 is 1.25 bits per heavy atom. The van der Waals surface area contributed by atoms with Crippen LogP contribution in [0.25, 0.3) is 0 Å². The summed E-state index contributed by atoms with van der Waals surface area (Å²) in [5.41, 5.74) is 8.53. The number of nitrogens with two attached hydrogens (primary N) is 1. The van der Waals surface area contributed by atoms with Gasteiger partial charge >= 0.3 is 0 Å². The van der Waals surface area contributed by atoms with Crippen LogP contribution in [0.4, 0.5) is 11.4 Å². The van der Waals surface area contributed by atoms with Gasteiger partial charge in [-0.05, 0) is 17.7 Å². The van der Waals surface area contributed by atoms with Crippen LogP contribution in [0.1, 0.15) is 5.56 Å². The maximum absolute atomic E-state index is 5.69. The van der Waals surface area contributed by atoms with Gasteiger partial charge in [-0.3, -0.25) is 9.97 Å². The average Bonchev–Trinajstić information content (AvgIpc) is 2.30. The molecule has 2 aromatic heterocycles. The molecule has 16 heavy (non-hydrogen) atoms. The largest absolute Gasteiger partial charge is 0.397 e. The number of nitrogens with zero attached hydrogens (tertiary/aromatic N) is 3. The zero-order valence-electron chi connectivity index (χ0n) is 9.17. The van der Waals surface area contributed by atoms with Gasteiger partial charge in [0.1, 0.15) is 0 Å². The van der Waals surface area contributed by atoms with E-state index in [9.17, 15) is 0 Å². The van der Waals surface area contributed by atoms with E-state index < -0.39 is 0 Å². The van der Waals surface area contributed by atoms with E-state index in [1.54, 1.807) is 18.6 Å². The summed E-state index contributed by atoms with van der Waals surface area (Å²) in [5, 5.41) is 0. The summed E-state index contributed by atoms with van der Waals surface area (Å²) < 4.78 is 0. The summed E-state index contributed by atoms with van der Waals surface area (Å²) in [7, 11) is 2.00. The second kappa shape index (κ2) is 4.61. The number of rotatable bonds is 3. The predicted molar refractivity (Wildman–Crippen MR) is 65.0 cm³/mol. The Morgan fingerprint density at radius 2 is 2.12 bits per heavy atom. The summed E-state index contributed by atoms with van der Waals surface area (Å²) in [5.74, 6) is 0. The van der Waals surface area contributed by atoms with Crippen LogP contribution in [0, 0.1) is 0 Å². The predicted octanol–water partition coefficient (Wildman–Crippen LogP) is 1.70. The number of aromatic nitrogens is 2. The van der Waals surface area contributed by atoms with E-state index in [1.807, 2.05) is 31.4 Å². The van der Waals surface area contributed by atoms with Gasteiger partial charge in [0.15, 0.2) is 0 Å². The van der Waals surface area contributed by atoms with Crippen molar-refractivity contribution < 1.29 is 0 Å². The first-order chi connectivity index (χ1) is 7.75. The van der Waals surface area contributed by atoms with Gasteiger partial charge < -0.3 is 10.6 Å². The van der Waals surface area contributed by atoms with Gasteiger partial charge in [-0.15, -0.1) is 0 Å². The highest BCUT2D eigenvalue weighted by atomic mass is 15.1. The van der Waals surface area contributed by atoms with Crippen LogP contribution >= 0.6 is 0 Å². The van der Waals surface area contributed by atoms with Gasteiger partial charge in [-0.2, -0.15) is 0 Å². The van der Waals surface area contributed by atoms with Crippen molar-refractivity contribution in [3.8, 4) is 0 Å². The van der Waals surface area contributed by atoms with E-state index in [1.165, 1.54) is 0 Å². The molecule has 0 saturated heterocycles. The first-order valence-electron chi connectivity index (χ1n) is 5.06. The molecule has 0 aliphatic carbocycles. The Hall–Kier alpha value is -2.10. The average molecular weight is 214 g/mol. The quantitative estimate of drug-likeness (QED) is 0.844. The van der Waals surface area contributed by atoms with E-state index in [2.05, 4.69) is 14.9 Å². The molecule has 0 fully saturated rings. The van der Waals surface area contributed by atoms with E-state index in [-0.39, 0.29) is 0 Å². The van der Waals surface area contributed by atoms with Crippen molar-refractivity contribution in [1.29, 1.82) is 0 Å². The summed E-state index contributed by atoms with van der Waals surface area (Å²) >= 11 is 0. The molecular weight excluding hydrogens is 200 g/mol. The molecule has 2 heterocycles. The van der Waals surface area contributed by atoms with E-state index in [0.717, 1.165) is 17.8 Å². The van der Waals surface area contributed by atoms with Crippen molar-refractivity contribution >= 4 is 11.4 Å². The summed E-state index contributed by atoms with van der Waals surface area (Å²) in [4.78, 5) is 10.2. The lowest BCUT2D eigenvalue weighted by Gasteiger charge is -2.18. The van der Waals surface area contributed by atoms with Crippen LogP contribution in [-0.2, 0) is 6.54 Å². The Balaban J connectivity index is 2.12. The van der Waals surface area contributed by atoms with Crippen molar-refractivity contribution in [1.82, 2.24) is 9.97 Å². The van der Waals surface area contributed by atoms with Crippen LogP contribution in [0.3, 0.4) is 0 Å². The van der Waals surface area contributed by atoms with Crippen molar-refractivity contribution in [2.45, 2.75) is 6.54 Å². The first kappa shape index (κ1) is 10.4. The number of hydrogen-bond donors (Lipinski definition) is 1. The summed E-state index contributed by atoms with van der Waals surface area (Å²) in [6, 6.07) is 5.88. The molecule has 0 amide bonds. The minimum atomic E-state index is 0.676. The molecule has 0 saturated carbocycles. The van der Waals surface area contributed by atoms with E-state index >= 15 is 0 Å². The zero-order valence-corrected chi connectivity index (χ0v) is 9.17. The lowest BCUT2D eigenvalue weighted by atomic mass is 10.2. The second-order valence-corrected chi connectivity index (χ2v) is 3.69. The van der Waals surface area contributed by atoms with Crippen LogP contribution < -0.4 is 10.6 Å². The van der Waals surface area contributed by atoms with Gasteiger partial charge in [0, 0.05) is 32.2 Å². The molecule has 4 nitrogen and oxygen atoms in total. The third-order valence-corrected chi connectivity index (χ3v) is 2.33. The molecular formula is C12H14N4. The number of nitrogen functional groups attached to an aromatic ring is 1. The molecule has 82 valence electrons. The molecule has 0 unspecified atom stereocenters. The minimum Gasteiger partial charge on any atom is -0.397 e. The van der Waals surface area contributed by atoms with Gasteiger partial charge in [-0.25, -0.2) is 0 Å². The third-order valence-electron chi connectivity index (χ3n) is 2.33. The van der Waals surface area contributed by atoms with E-state index in [4.69, 9.17) is 5.73 Å². The molecule has 4 heteroatoms. The third kappa shape index (κ3) is 2.48. The van der Waals surface area contributed by atoms with Gasteiger partial charge in [0.25, 0.3) is 0 Å². The maximum atomic E-state index is 5.69. The van der Waals surface area contributed by atoms with Gasteiger partial charge in [0.05, 0.1) is 17.6 Å². The molecule has 2 N–H and O–H groups in total. The van der Waals surface area contributed by atoms with Gasteiger partial charge in [0.2, 0.25) is 0 Å². The Labute approximate surface area is 94.8 Å². The fourth-order valence-electron chi connectivity index (χ4n) is 1.51. The van der Waals surface area contributed by atoms with Crippen LogP contribution in [-0.4, -0.2) is 17.0 Å². The van der Waals surface area contributed by atoms with Crippen LogP contribution in [0.5, 0.6) is 0 Å². The Morgan fingerprint density at radius 3 is 2.81 bits per heavy atom. The Bertz CT molecular complexity index is 456. The van der Waals surface area contributed by atoms with Crippen molar-refractivity contribution in [2.24, 2.45) is 0 Å². The van der Waals surface area contributed by atoms with Crippen LogP contribution in [0.15, 0.2) is 43.0 Å². The SMILES string of the molecule is CN(Cc1cccnc1)c1cncc(N)c1. The number of anilines is 2. The fourth-order valence-corrected chi connectivity index (χ4v) is 1.51. The van der Waals surface area contributed by atoms with Crippen molar-refractivity contribution in [3.05, 3.63) is 48.5 Å². The monoisotopic (exact) mass is 214 g/mol. The highest BCUT2D eigenvalue weighted by Gasteiger charge is 2.02. The lowest BCUT2D eigenvalue weighted by molar-refractivity contribution is 0.911. The summed E-state index contributed by atoms with van der Waals surface area (Å²) in [6.45, 7) is 0.791. The normalized spacial score (nSPS) is 10.1. The number of hydrogen-bond acceptors (Lipinski definition) is 4. The second-order valence-electron chi connectivity index (χ2n) is 3.69. The molecule has 0 aromatic carbocycles. The topological polar surface area (TPSA) is 55.0 Å². The first-order valence-corrected chi connectivity index (χ1v) is 5.06. The highest BCUT2D eigenvalue weighted by Crippen LogP contribution is 2.16. The molecule has 0 atom stereocenters. The fraction of sp³-hybridized carbons (Fsp3) is 0.167. The zero-order chi connectivity index (χ0) is 11.4. The van der Waals surface area contributed by atoms with Gasteiger partial charge in [-0.1, -0.05) is 6.07 Å². The van der Waals surface area contributed by atoms with Crippen LogP contribution in [0.2, 0.25) is 0 Å². The van der Waals surface area contributed by atoms with Crippen molar-refractivity contribution in [2.75, 3.05) is 17.7 Å². The summed E-state index contributed by atoms with van der Waals surface area (Å²) in [6.07, 6.45) is 7.07. The standard InChI is InChI=1S/C12H14N4/c1-16(9-10-3-2-4-14-6-10)12-5-11(13)7-15-8-12/h2-8H,9,13H2,1H3. The maximum Gasteiger partial charge on any atom is 0.0573 e. The van der Waals surface area contributed by atoms with Crippen molar-refractivity contribution in [3.63, 3.8) is 0 Å². The highest BCUT2D eigenvalue weighted by molar-refractivity contribution is 5.52. The Kier molecular flexibility index (Phi) is 3.00. The van der Waals surface area contributed by atoms with E-state index in [0.29, 0.717) is 5.69 Å².